The van der Waals surface area contributed by atoms with Crippen molar-refractivity contribution >= 4 is 5.69 Å². The third kappa shape index (κ3) is 2.49. The molecule has 0 aliphatic heterocycles. The fraction of sp³-hybridized carbons (Fsp3) is 0.500. The molecule has 1 unspecified atom stereocenters. The number of aromatic nitrogens is 4. The van der Waals surface area contributed by atoms with Gasteiger partial charge in [0.15, 0.2) is 0 Å². The lowest BCUT2D eigenvalue weighted by Gasteiger charge is -2.12. The third-order valence-electron chi connectivity index (χ3n) is 2.86. The molecule has 5 heteroatoms. The number of nitrogens with zero attached hydrogens (tertiary/aromatic N) is 4. The summed E-state index contributed by atoms with van der Waals surface area (Å²) in [5, 5.41) is 12.0. The Bertz CT molecular complexity index is 497. The van der Waals surface area contributed by atoms with Gasteiger partial charge in [-0.2, -0.15) is 10.2 Å². The molecule has 0 saturated carbocycles. The van der Waals surface area contributed by atoms with E-state index in [1.165, 1.54) is 5.56 Å². The molecule has 0 aliphatic rings. The Morgan fingerprint density at radius 3 is 2.71 bits per heavy atom. The molecule has 0 aromatic carbocycles. The van der Waals surface area contributed by atoms with Crippen LogP contribution in [0.1, 0.15) is 31.1 Å². The van der Waals surface area contributed by atoms with Crippen molar-refractivity contribution in [2.45, 2.75) is 33.4 Å². The van der Waals surface area contributed by atoms with Crippen LogP contribution in [-0.2, 0) is 13.6 Å². The highest BCUT2D eigenvalue weighted by atomic mass is 15.3. The SMILES string of the molecule is CCn1cc(NC(C)c2cn(C)nc2C)cn1. The normalized spacial score (nSPS) is 12.7. The summed E-state index contributed by atoms with van der Waals surface area (Å²) < 4.78 is 3.75. The molecule has 0 radical (unpaired) electrons. The van der Waals surface area contributed by atoms with Crippen LogP contribution in [0.3, 0.4) is 0 Å². The minimum Gasteiger partial charge on any atom is -0.376 e. The first-order valence-corrected chi connectivity index (χ1v) is 5.89. The first kappa shape index (κ1) is 11.7. The second-order valence-corrected chi connectivity index (χ2v) is 4.29. The van der Waals surface area contributed by atoms with E-state index in [2.05, 4.69) is 35.6 Å². The summed E-state index contributed by atoms with van der Waals surface area (Å²) in [6.07, 6.45) is 5.92. The van der Waals surface area contributed by atoms with Crippen LogP contribution in [0.15, 0.2) is 18.6 Å². The number of nitrogens with one attached hydrogen (secondary N) is 1. The van der Waals surface area contributed by atoms with Gasteiger partial charge < -0.3 is 5.32 Å². The lowest BCUT2D eigenvalue weighted by molar-refractivity contribution is 0.660. The van der Waals surface area contributed by atoms with Crippen LogP contribution < -0.4 is 5.32 Å². The quantitative estimate of drug-likeness (QED) is 0.880. The van der Waals surface area contributed by atoms with Gasteiger partial charge in [-0.3, -0.25) is 9.36 Å². The van der Waals surface area contributed by atoms with Crippen molar-refractivity contribution in [3.63, 3.8) is 0 Å². The summed E-state index contributed by atoms with van der Waals surface area (Å²) in [5.41, 5.74) is 3.33. The lowest BCUT2D eigenvalue weighted by atomic mass is 10.1. The number of aryl methyl sites for hydroxylation is 3. The van der Waals surface area contributed by atoms with Crippen molar-refractivity contribution in [1.29, 1.82) is 0 Å². The third-order valence-corrected chi connectivity index (χ3v) is 2.86. The van der Waals surface area contributed by atoms with Gasteiger partial charge in [-0.15, -0.1) is 0 Å². The summed E-state index contributed by atoms with van der Waals surface area (Å²) in [6.45, 7) is 7.13. The molecule has 17 heavy (non-hydrogen) atoms. The largest absolute Gasteiger partial charge is 0.376 e. The molecule has 2 heterocycles. The number of hydrogen-bond donors (Lipinski definition) is 1. The van der Waals surface area contributed by atoms with Crippen LogP contribution >= 0.6 is 0 Å². The number of rotatable bonds is 4. The minimum absolute atomic E-state index is 0.234. The van der Waals surface area contributed by atoms with E-state index in [0.717, 1.165) is 17.9 Å². The van der Waals surface area contributed by atoms with E-state index in [0.29, 0.717) is 0 Å². The van der Waals surface area contributed by atoms with Crippen molar-refractivity contribution in [3.05, 3.63) is 29.8 Å². The highest BCUT2D eigenvalue weighted by molar-refractivity contribution is 5.41. The molecule has 5 nitrogen and oxygen atoms in total. The maximum absolute atomic E-state index is 4.35. The zero-order chi connectivity index (χ0) is 12.4. The highest BCUT2D eigenvalue weighted by Gasteiger charge is 2.12. The van der Waals surface area contributed by atoms with E-state index in [4.69, 9.17) is 0 Å². The molecule has 2 rings (SSSR count). The first-order chi connectivity index (χ1) is 8.10. The van der Waals surface area contributed by atoms with Gasteiger partial charge in [0, 0.05) is 31.5 Å². The molecule has 0 bridgehead atoms. The van der Waals surface area contributed by atoms with Gasteiger partial charge in [-0.25, -0.2) is 0 Å². The summed E-state index contributed by atoms with van der Waals surface area (Å²) in [7, 11) is 1.94. The van der Waals surface area contributed by atoms with Gasteiger partial charge in [-0.1, -0.05) is 0 Å². The Hall–Kier alpha value is -1.78. The van der Waals surface area contributed by atoms with Gasteiger partial charge in [0.1, 0.15) is 0 Å². The molecule has 0 spiro atoms. The molecule has 2 aromatic rings. The standard InChI is InChI=1S/C12H19N5/c1-5-17-7-11(6-13-17)14-9(2)12-8-16(4)15-10(12)3/h6-9,14H,5H2,1-4H3. The van der Waals surface area contributed by atoms with Crippen molar-refractivity contribution < 1.29 is 0 Å². The van der Waals surface area contributed by atoms with E-state index >= 15 is 0 Å². The molecule has 0 amide bonds. The van der Waals surface area contributed by atoms with Gasteiger partial charge in [0.05, 0.1) is 23.6 Å². The second kappa shape index (κ2) is 4.61. The van der Waals surface area contributed by atoms with Crippen LogP contribution in [0, 0.1) is 6.92 Å². The Labute approximate surface area is 101 Å². The second-order valence-electron chi connectivity index (χ2n) is 4.29. The van der Waals surface area contributed by atoms with E-state index < -0.39 is 0 Å². The lowest BCUT2D eigenvalue weighted by Crippen LogP contribution is -2.06. The average molecular weight is 233 g/mol. The molecular formula is C12H19N5. The molecule has 1 N–H and O–H groups in total. The zero-order valence-electron chi connectivity index (χ0n) is 10.8. The van der Waals surface area contributed by atoms with Crippen molar-refractivity contribution in [3.8, 4) is 0 Å². The Kier molecular flexibility index (Phi) is 3.17. The van der Waals surface area contributed by atoms with E-state index in [1.54, 1.807) is 0 Å². The number of anilines is 1. The van der Waals surface area contributed by atoms with Crippen LogP contribution in [0.25, 0.3) is 0 Å². The predicted octanol–water partition coefficient (Wildman–Crippen LogP) is 2.12. The van der Waals surface area contributed by atoms with E-state index in [9.17, 15) is 0 Å². The summed E-state index contributed by atoms with van der Waals surface area (Å²) in [5.74, 6) is 0. The van der Waals surface area contributed by atoms with Crippen molar-refractivity contribution in [1.82, 2.24) is 19.6 Å². The number of hydrogen-bond acceptors (Lipinski definition) is 3. The molecule has 1 atom stereocenters. The van der Waals surface area contributed by atoms with Crippen LogP contribution in [-0.4, -0.2) is 19.6 Å². The van der Waals surface area contributed by atoms with Gasteiger partial charge in [0.25, 0.3) is 0 Å². The topological polar surface area (TPSA) is 47.7 Å². The molecule has 92 valence electrons. The van der Waals surface area contributed by atoms with Gasteiger partial charge >= 0.3 is 0 Å². The summed E-state index contributed by atoms with van der Waals surface area (Å²) in [6, 6.07) is 0.234. The Balaban J connectivity index is 2.11. The smallest absolute Gasteiger partial charge is 0.0731 e. The Morgan fingerprint density at radius 2 is 2.18 bits per heavy atom. The monoisotopic (exact) mass is 233 g/mol. The fourth-order valence-electron chi connectivity index (χ4n) is 1.98. The van der Waals surface area contributed by atoms with Crippen molar-refractivity contribution in [2.75, 3.05) is 5.32 Å². The summed E-state index contributed by atoms with van der Waals surface area (Å²) in [4.78, 5) is 0. The molecule has 0 saturated heterocycles. The van der Waals surface area contributed by atoms with Gasteiger partial charge in [-0.05, 0) is 20.8 Å². The Morgan fingerprint density at radius 1 is 1.41 bits per heavy atom. The predicted molar refractivity (Wildman–Crippen MR) is 67.9 cm³/mol. The van der Waals surface area contributed by atoms with E-state index in [-0.39, 0.29) is 6.04 Å². The summed E-state index contributed by atoms with van der Waals surface area (Å²) >= 11 is 0. The van der Waals surface area contributed by atoms with Crippen molar-refractivity contribution in [2.24, 2.45) is 7.05 Å². The molecule has 0 fully saturated rings. The van der Waals surface area contributed by atoms with Crippen LogP contribution in [0.2, 0.25) is 0 Å². The van der Waals surface area contributed by atoms with Crippen LogP contribution in [0.4, 0.5) is 5.69 Å². The first-order valence-electron chi connectivity index (χ1n) is 5.89. The van der Waals surface area contributed by atoms with Crippen LogP contribution in [0.5, 0.6) is 0 Å². The van der Waals surface area contributed by atoms with Gasteiger partial charge in [0.2, 0.25) is 0 Å². The molecule has 0 aliphatic carbocycles. The maximum Gasteiger partial charge on any atom is 0.0731 e. The maximum atomic E-state index is 4.35. The fourth-order valence-corrected chi connectivity index (χ4v) is 1.98. The van der Waals surface area contributed by atoms with E-state index in [1.807, 2.05) is 35.7 Å². The highest BCUT2D eigenvalue weighted by Crippen LogP contribution is 2.20. The molecule has 2 aromatic heterocycles. The molecular weight excluding hydrogens is 214 g/mol. The minimum atomic E-state index is 0.234. The zero-order valence-corrected chi connectivity index (χ0v) is 10.8. The average Bonchev–Trinajstić information content (AvgIpc) is 2.85.